The molecule has 0 aliphatic rings. The van der Waals surface area contributed by atoms with E-state index < -0.39 is 5.97 Å². The van der Waals surface area contributed by atoms with E-state index in [9.17, 15) is 9.59 Å². The first-order valence-electron chi connectivity index (χ1n) is 5.37. The first-order chi connectivity index (χ1) is 7.91. The molecule has 1 heterocycles. The van der Waals surface area contributed by atoms with E-state index in [0.717, 1.165) is 0 Å². The number of aromatic carboxylic acids is 1. The lowest BCUT2D eigenvalue weighted by Crippen LogP contribution is -2.28. The van der Waals surface area contributed by atoms with Crippen LogP contribution in [0, 0.1) is 5.92 Å². The lowest BCUT2D eigenvalue weighted by atomic mass is 10.1. The predicted octanol–water partition coefficient (Wildman–Crippen LogP) is 1.79. The van der Waals surface area contributed by atoms with Gasteiger partial charge in [0.1, 0.15) is 5.82 Å². The molecule has 0 atom stereocenters. The number of carboxylic acid groups (broad SMARTS) is 1. The molecule has 0 aromatic carbocycles. The number of hydrogen-bond donors (Lipinski definition) is 1. The fraction of sp³-hybridized carbons (Fsp3) is 0.417. The quantitative estimate of drug-likeness (QED) is 0.865. The third-order valence-corrected chi connectivity index (χ3v) is 2.29. The molecule has 5 heteroatoms. The maximum atomic E-state index is 11.8. The average Bonchev–Trinajstić information content (AvgIpc) is 2.27. The normalized spacial score (nSPS) is 10.4. The van der Waals surface area contributed by atoms with Crippen LogP contribution in [-0.4, -0.2) is 29.0 Å². The van der Waals surface area contributed by atoms with Gasteiger partial charge in [-0.15, -0.1) is 0 Å². The second kappa shape index (κ2) is 5.43. The van der Waals surface area contributed by atoms with E-state index in [1.54, 1.807) is 7.05 Å². The molecule has 1 aromatic rings. The van der Waals surface area contributed by atoms with Gasteiger partial charge in [0.15, 0.2) is 0 Å². The lowest BCUT2D eigenvalue weighted by Gasteiger charge is -2.17. The smallest absolute Gasteiger partial charge is 0.335 e. The summed E-state index contributed by atoms with van der Waals surface area (Å²) in [4.78, 5) is 27.9. The molecular weight excluding hydrogens is 220 g/mol. The molecule has 0 aliphatic heterocycles. The fourth-order valence-electron chi connectivity index (χ4n) is 1.35. The molecule has 0 spiro atoms. The van der Waals surface area contributed by atoms with Crippen molar-refractivity contribution in [3.8, 4) is 0 Å². The highest BCUT2D eigenvalue weighted by atomic mass is 16.4. The molecule has 1 aromatic heterocycles. The summed E-state index contributed by atoms with van der Waals surface area (Å²) >= 11 is 0. The van der Waals surface area contributed by atoms with Crippen molar-refractivity contribution in [2.75, 3.05) is 11.9 Å². The van der Waals surface area contributed by atoms with E-state index in [1.807, 2.05) is 13.8 Å². The van der Waals surface area contributed by atoms with Crippen LogP contribution in [0.3, 0.4) is 0 Å². The van der Waals surface area contributed by atoms with Gasteiger partial charge in [-0.2, -0.15) is 0 Å². The van der Waals surface area contributed by atoms with E-state index >= 15 is 0 Å². The van der Waals surface area contributed by atoms with Crippen LogP contribution < -0.4 is 4.90 Å². The molecule has 1 N–H and O–H groups in total. The molecule has 0 bridgehead atoms. The molecule has 92 valence electrons. The second-order valence-corrected chi connectivity index (χ2v) is 4.26. The topological polar surface area (TPSA) is 70.5 Å². The number of rotatable bonds is 4. The standard InChI is InChI=1S/C12H16N2O3/c1-8(2)6-11(15)14(3)10-7-9(12(16)17)4-5-13-10/h4-5,7-8H,6H2,1-3H3,(H,16,17). The van der Waals surface area contributed by atoms with Gasteiger partial charge in [0.2, 0.25) is 5.91 Å². The molecule has 5 nitrogen and oxygen atoms in total. The number of anilines is 1. The highest BCUT2D eigenvalue weighted by molar-refractivity contribution is 5.94. The molecule has 17 heavy (non-hydrogen) atoms. The van der Waals surface area contributed by atoms with Gasteiger partial charge >= 0.3 is 5.97 Å². The molecule has 0 saturated carbocycles. The van der Waals surface area contributed by atoms with Crippen molar-refractivity contribution in [3.63, 3.8) is 0 Å². The van der Waals surface area contributed by atoms with Crippen molar-refractivity contribution in [1.29, 1.82) is 0 Å². The van der Waals surface area contributed by atoms with Gasteiger partial charge in [-0.1, -0.05) is 13.8 Å². The van der Waals surface area contributed by atoms with Crippen LogP contribution in [0.5, 0.6) is 0 Å². The Balaban J connectivity index is 2.88. The number of carbonyl (C=O) groups excluding carboxylic acids is 1. The van der Waals surface area contributed by atoms with Crippen LogP contribution in [0.25, 0.3) is 0 Å². The summed E-state index contributed by atoms with van der Waals surface area (Å²) in [7, 11) is 1.60. The Kier molecular flexibility index (Phi) is 4.20. The summed E-state index contributed by atoms with van der Waals surface area (Å²) in [5, 5.41) is 8.84. The summed E-state index contributed by atoms with van der Waals surface area (Å²) in [5.41, 5.74) is 0.124. The fourth-order valence-corrected chi connectivity index (χ4v) is 1.35. The summed E-state index contributed by atoms with van der Waals surface area (Å²) in [6.07, 6.45) is 1.80. The van der Waals surface area contributed by atoms with E-state index in [-0.39, 0.29) is 17.4 Å². The van der Waals surface area contributed by atoms with E-state index in [0.29, 0.717) is 12.2 Å². The Labute approximate surface area is 100 Å². The molecule has 0 unspecified atom stereocenters. The van der Waals surface area contributed by atoms with Gasteiger partial charge in [-0.05, 0) is 18.1 Å². The molecule has 0 fully saturated rings. The number of pyridine rings is 1. The van der Waals surface area contributed by atoms with Gasteiger partial charge in [0.05, 0.1) is 5.56 Å². The van der Waals surface area contributed by atoms with Gasteiger partial charge in [0, 0.05) is 19.7 Å². The third-order valence-electron chi connectivity index (χ3n) is 2.29. The van der Waals surface area contributed by atoms with Crippen molar-refractivity contribution in [2.24, 2.45) is 5.92 Å². The Morgan fingerprint density at radius 1 is 1.47 bits per heavy atom. The minimum Gasteiger partial charge on any atom is -0.478 e. The number of nitrogens with zero attached hydrogens (tertiary/aromatic N) is 2. The van der Waals surface area contributed by atoms with Crippen LogP contribution >= 0.6 is 0 Å². The zero-order valence-corrected chi connectivity index (χ0v) is 10.2. The first kappa shape index (κ1) is 13.2. The number of carboxylic acids is 1. The molecule has 1 rings (SSSR count). The molecular formula is C12H16N2O3. The SMILES string of the molecule is CC(C)CC(=O)N(C)c1cc(C(=O)O)ccn1. The predicted molar refractivity (Wildman–Crippen MR) is 64.1 cm³/mol. The minimum atomic E-state index is -1.03. The highest BCUT2D eigenvalue weighted by Crippen LogP contribution is 2.13. The summed E-state index contributed by atoms with van der Waals surface area (Å²) in [6, 6.07) is 2.78. The third kappa shape index (κ3) is 3.55. The maximum absolute atomic E-state index is 11.8. The van der Waals surface area contributed by atoms with Crippen LogP contribution in [-0.2, 0) is 4.79 Å². The summed E-state index contributed by atoms with van der Waals surface area (Å²) < 4.78 is 0. The second-order valence-electron chi connectivity index (χ2n) is 4.26. The Hall–Kier alpha value is -1.91. The first-order valence-corrected chi connectivity index (χ1v) is 5.37. The number of carbonyl (C=O) groups is 2. The van der Waals surface area contributed by atoms with Crippen LogP contribution in [0.4, 0.5) is 5.82 Å². The van der Waals surface area contributed by atoms with E-state index in [2.05, 4.69) is 4.98 Å². The molecule has 1 amide bonds. The summed E-state index contributed by atoms with van der Waals surface area (Å²) in [6.45, 7) is 3.90. The van der Waals surface area contributed by atoms with Crippen LogP contribution in [0.15, 0.2) is 18.3 Å². The Morgan fingerprint density at radius 2 is 2.12 bits per heavy atom. The van der Waals surface area contributed by atoms with E-state index in [4.69, 9.17) is 5.11 Å². The monoisotopic (exact) mass is 236 g/mol. The largest absolute Gasteiger partial charge is 0.478 e. The van der Waals surface area contributed by atoms with Crippen molar-refractivity contribution in [2.45, 2.75) is 20.3 Å². The van der Waals surface area contributed by atoms with Gasteiger partial charge in [-0.3, -0.25) is 9.69 Å². The maximum Gasteiger partial charge on any atom is 0.335 e. The van der Waals surface area contributed by atoms with Crippen molar-refractivity contribution in [1.82, 2.24) is 4.98 Å². The molecule has 0 radical (unpaired) electrons. The molecule has 0 saturated heterocycles. The van der Waals surface area contributed by atoms with Gasteiger partial charge in [-0.25, -0.2) is 9.78 Å². The number of hydrogen-bond acceptors (Lipinski definition) is 3. The summed E-state index contributed by atoms with van der Waals surface area (Å²) in [5.74, 6) is -0.489. The zero-order chi connectivity index (χ0) is 13.0. The number of aromatic nitrogens is 1. The lowest BCUT2D eigenvalue weighted by molar-refractivity contribution is -0.119. The van der Waals surface area contributed by atoms with E-state index in [1.165, 1.54) is 23.2 Å². The molecule has 0 aliphatic carbocycles. The van der Waals surface area contributed by atoms with Gasteiger partial charge < -0.3 is 5.11 Å². The van der Waals surface area contributed by atoms with Crippen molar-refractivity contribution >= 4 is 17.7 Å². The van der Waals surface area contributed by atoms with Crippen molar-refractivity contribution in [3.05, 3.63) is 23.9 Å². The van der Waals surface area contributed by atoms with Gasteiger partial charge in [0.25, 0.3) is 0 Å². The number of amides is 1. The van der Waals surface area contributed by atoms with Crippen LogP contribution in [0.1, 0.15) is 30.6 Å². The Morgan fingerprint density at radius 3 is 2.65 bits per heavy atom. The van der Waals surface area contributed by atoms with Crippen LogP contribution in [0.2, 0.25) is 0 Å². The minimum absolute atomic E-state index is 0.0740. The Bertz CT molecular complexity index is 430. The van der Waals surface area contributed by atoms with Crippen molar-refractivity contribution < 1.29 is 14.7 Å². The highest BCUT2D eigenvalue weighted by Gasteiger charge is 2.15. The average molecular weight is 236 g/mol. The zero-order valence-electron chi connectivity index (χ0n) is 10.2.